The number of nitrogens with zero attached hydrogens (tertiary/aromatic N) is 1. The summed E-state index contributed by atoms with van der Waals surface area (Å²) in [4.78, 5) is 25.9. The number of hydrogen-bond acceptors (Lipinski definition) is 4. The molecule has 0 aromatic heterocycles. The SMILES string of the molecule is COC(=O)[C@H](C)N1CCC(C(=O)NCc2ccc(C)c(F)c2)CC1. The van der Waals surface area contributed by atoms with Crippen molar-refractivity contribution in [3.63, 3.8) is 0 Å². The first kappa shape index (κ1) is 18.4. The third-order valence-corrected chi connectivity index (χ3v) is 4.69. The summed E-state index contributed by atoms with van der Waals surface area (Å²) in [6, 6.07) is 4.70. The van der Waals surface area contributed by atoms with Crippen LogP contribution in [0.15, 0.2) is 18.2 Å². The third kappa shape index (κ3) is 4.54. The third-order valence-electron chi connectivity index (χ3n) is 4.69. The number of benzene rings is 1. The smallest absolute Gasteiger partial charge is 0.322 e. The lowest BCUT2D eigenvalue weighted by molar-refractivity contribution is -0.147. The van der Waals surface area contributed by atoms with Crippen LogP contribution in [-0.2, 0) is 20.9 Å². The molecule has 1 atom stereocenters. The number of hydrogen-bond donors (Lipinski definition) is 1. The Bertz CT molecular complexity index is 598. The molecule has 0 radical (unpaired) electrons. The summed E-state index contributed by atoms with van der Waals surface area (Å²) >= 11 is 0. The largest absolute Gasteiger partial charge is 0.468 e. The number of piperidine rings is 1. The van der Waals surface area contributed by atoms with Crippen LogP contribution in [0, 0.1) is 18.7 Å². The molecule has 0 unspecified atom stereocenters. The highest BCUT2D eigenvalue weighted by atomic mass is 19.1. The van der Waals surface area contributed by atoms with Gasteiger partial charge in [0, 0.05) is 12.5 Å². The molecule has 0 bridgehead atoms. The second-order valence-corrected chi connectivity index (χ2v) is 6.31. The second-order valence-electron chi connectivity index (χ2n) is 6.31. The molecule has 0 saturated carbocycles. The zero-order valence-corrected chi connectivity index (χ0v) is 14.5. The molecule has 5 nitrogen and oxygen atoms in total. The Kier molecular flexibility index (Phi) is 6.31. The van der Waals surface area contributed by atoms with Crippen LogP contribution in [0.4, 0.5) is 4.39 Å². The number of amides is 1. The van der Waals surface area contributed by atoms with Crippen LogP contribution in [0.25, 0.3) is 0 Å². The molecular formula is C18H25FN2O3. The van der Waals surface area contributed by atoms with Gasteiger partial charge in [0.25, 0.3) is 0 Å². The van der Waals surface area contributed by atoms with Crippen molar-refractivity contribution in [2.45, 2.75) is 39.3 Å². The van der Waals surface area contributed by atoms with E-state index in [-0.39, 0.29) is 29.7 Å². The van der Waals surface area contributed by atoms with Gasteiger partial charge in [0.1, 0.15) is 11.9 Å². The van der Waals surface area contributed by atoms with E-state index in [0.29, 0.717) is 38.0 Å². The van der Waals surface area contributed by atoms with E-state index in [0.717, 1.165) is 5.56 Å². The first-order valence-electron chi connectivity index (χ1n) is 8.27. The molecule has 6 heteroatoms. The number of carbonyl (C=O) groups excluding carboxylic acids is 2. The molecule has 1 aromatic rings. The van der Waals surface area contributed by atoms with Gasteiger partial charge in [-0.1, -0.05) is 12.1 Å². The van der Waals surface area contributed by atoms with Crippen molar-refractivity contribution in [2.24, 2.45) is 5.92 Å². The van der Waals surface area contributed by atoms with Crippen LogP contribution >= 0.6 is 0 Å². The molecule has 2 rings (SSSR count). The van der Waals surface area contributed by atoms with Gasteiger partial charge < -0.3 is 10.1 Å². The fourth-order valence-electron chi connectivity index (χ4n) is 2.95. The fourth-order valence-corrected chi connectivity index (χ4v) is 2.95. The number of ether oxygens (including phenoxy) is 1. The van der Waals surface area contributed by atoms with E-state index < -0.39 is 0 Å². The molecule has 132 valence electrons. The van der Waals surface area contributed by atoms with E-state index in [4.69, 9.17) is 4.74 Å². The van der Waals surface area contributed by atoms with Gasteiger partial charge in [-0.2, -0.15) is 0 Å². The minimum atomic E-state index is -0.283. The van der Waals surface area contributed by atoms with Crippen molar-refractivity contribution < 1.29 is 18.7 Å². The highest BCUT2D eigenvalue weighted by molar-refractivity contribution is 5.79. The molecule has 1 saturated heterocycles. The first-order valence-corrected chi connectivity index (χ1v) is 8.27. The Morgan fingerprint density at radius 2 is 2.04 bits per heavy atom. The minimum Gasteiger partial charge on any atom is -0.468 e. The van der Waals surface area contributed by atoms with Gasteiger partial charge in [-0.15, -0.1) is 0 Å². The molecule has 0 spiro atoms. The molecule has 1 amide bonds. The number of carbonyl (C=O) groups is 2. The lowest BCUT2D eigenvalue weighted by Crippen LogP contribution is -2.46. The number of halogens is 1. The number of methoxy groups -OCH3 is 1. The summed E-state index contributed by atoms with van der Waals surface area (Å²) in [5.41, 5.74) is 1.35. The van der Waals surface area contributed by atoms with E-state index in [1.54, 1.807) is 13.0 Å². The predicted molar refractivity (Wildman–Crippen MR) is 88.8 cm³/mol. The Hall–Kier alpha value is -1.95. The average molecular weight is 336 g/mol. The highest BCUT2D eigenvalue weighted by Gasteiger charge is 2.29. The minimum absolute atomic E-state index is 0.0126. The summed E-state index contributed by atoms with van der Waals surface area (Å²) in [6.07, 6.45) is 1.41. The summed E-state index contributed by atoms with van der Waals surface area (Å²) in [7, 11) is 1.38. The fraction of sp³-hybridized carbons (Fsp3) is 0.556. The van der Waals surface area contributed by atoms with E-state index in [2.05, 4.69) is 5.32 Å². The van der Waals surface area contributed by atoms with E-state index in [9.17, 15) is 14.0 Å². The van der Waals surface area contributed by atoms with Gasteiger partial charge in [0.2, 0.25) is 5.91 Å². The Labute approximate surface area is 142 Å². The molecular weight excluding hydrogens is 311 g/mol. The molecule has 1 heterocycles. The van der Waals surface area contributed by atoms with Crippen LogP contribution in [0.3, 0.4) is 0 Å². The first-order chi connectivity index (χ1) is 11.4. The summed E-state index contributed by atoms with van der Waals surface area (Å²) < 4.78 is 18.3. The van der Waals surface area contributed by atoms with Gasteiger partial charge in [-0.05, 0) is 57.0 Å². The Morgan fingerprint density at radius 3 is 2.62 bits per heavy atom. The van der Waals surface area contributed by atoms with E-state index in [1.165, 1.54) is 13.2 Å². The summed E-state index contributed by atoms with van der Waals surface area (Å²) in [5.74, 6) is -0.589. The van der Waals surface area contributed by atoms with Crippen LogP contribution in [0.1, 0.15) is 30.9 Å². The average Bonchev–Trinajstić information content (AvgIpc) is 2.61. The number of aryl methyl sites for hydroxylation is 1. The normalized spacial score (nSPS) is 17.3. The quantitative estimate of drug-likeness (QED) is 0.836. The topological polar surface area (TPSA) is 58.6 Å². The highest BCUT2D eigenvalue weighted by Crippen LogP contribution is 2.20. The van der Waals surface area contributed by atoms with Gasteiger partial charge >= 0.3 is 5.97 Å². The van der Waals surface area contributed by atoms with Crippen molar-refractivity contribution in [2.75, 3.05) is 20.2 Å². The number of nitrogens with one attached hydrogen (secondary N) is 1. The summed E-state index contributed by atoms with van der Waals surface area (Å²) in [6.45, 7) is 5.23. The van der Waals surface area contributed by atoms with Crippen molar-refractivity contribution >= 4 is 11.9 Å². The number of esters is 1. The zero-order valence-electron chi connectivity index (χ0n) is 14.5. The lowest BCUT2D eigenvalue weighted by atomic mass is 9.95. The molecule has 24 heavy (non-hydrogen) atoms. The van der Waals surface area contributed by atoms with Gasteiger partial charge in [0.15, 0.2) is 0 Å². The number of likely N-dealkylation sites (tertiary alicyclic amines) is 1. The zero-order chi connectivity index (χ0) is 17.7. The van der Waals surface area contributed by atoms with Gasteiger partial charge in [0.05, 0.1) is 7.11 Å². The van der Waals surface area contributed by atoms with E-state index >= 15 is 0 Å². The van der Waals surface area contributed by atoms with Crippen LogP contribution in [-0.4, -0.2) is 43.0 Å². The standard InChI is InChI=1S/C18H25FN2O3/c1-12-4-5-14(10-16(12)19)11-20-17(22)15-6-8-21(9-7-15)13(2)18(23)24-3/h4-5,10,13,15H,6-9,11H2,1-3H3,(H,20,22)/t13-/m0/s1. The summed E-state index contributed by atoms with van der Waals surface area (Å²) in [5, 5.41) is 2.88. The van der Waals surface area contributed by atoms with Gasteiger partial charge in [-0.3, -0.25) is 14.5 Å². The maximum absolute atomic E-state index is 13.5. The van der Waals surface area contributed by atoms with Crippen molar-refractivity contribution in [1.29, 1.82) is 0 Å². The van der Waals surface area contributed by atoms with Crippen molar-refractivity contribution in [3.05, 3.63) is 35.1 Å². The van der Waals surface area contributed by atoms with Gasteiger partial charge in [-0.25, -0.2) is 4.39 Å². The second kappa shape index (κ2) is 8.24. The monoisotopic (exact) mass is 336 g/mol. The van der Waals surface area contributed by atoms with E-state index in [1.807, 2.05) is 17.9 Å². The van der Waals surface area contributed by atoms with Crippen LogP contribution in [0.5, 0.6) is 0 Å². The molecule has 1 aliphatic rings. The lowest BCUT2D eigenvalue weighted by Gasteiger charge is -2.34. The predicted octanol–water partition coefficient (Wildman–Crippen LogP) is 2.02. The Morgan fingerprint density at radius 1 is 1.38 bits per heavy atom. The molecule has 1 fully saturated rings. The molecule has 1 aliphatic heterocycles. The Balaban J connectivity index is 1.80. The molecule has 1 aromatic carbocycles. The molecule has 0 aliphatic carbocycles. The van der Waals surface area contributed by atoms with Crippen molar-refractivity contribution in [3.8, 4) is 0 Å². The van der Waals surface area contributed by atoms with Crippen molar-refractivity contribution in [1.82, 2.24) is 10.2 Å². The van der Waals surface area contributed by atoms with Crippen LogP contribution in [0.2, 0.25) is 0 Å². The molecule has 1 N–H and O–H groups in total. The maximum atomic E-state index is 13.5. The maximum Gasteiger partial charge on any atom is 0.322 e. The number of rotatable bonds is 5. The van der Waals surface area contributed by atoms with Crippen LogP contribution < -0.4 is 5.32 Å².